The van der Waals surface area contributed by atoms with Gasteiger partial charge in [0.05, 0.1) is 29.1 Å². The van der Waals surface area contributed by atoms with Gasteiger partial charge in [-0.2, -0.15) is 0 Å². The van der Waals surface area contributed by atoms with Gasteiger partial charge in [-0.1, -0.05) is 231 Å². The first-order valence-electron chi connectivity index (χ1n) is 29.6. The van der Waals surface area contributed by atoms with E-state index < -0.39 is 0 Å². The summed E-state index contributed by atoms with van der Waals surface area (Å²) in [6.07, 6.45) is 7.37. The smallest absolute Gasteiger partial charge is 0.537 e. The Morgan fingerprint density at radius 2 is 0.644 bits per heavy atom. The highest BCUT2D eigenvalue weighted by Gasteiger charge is 2.21. The molecule has 0 fully saturated rings. The van der Waals surface area contributed by atoms with Crippen molar-refractivity contribution in [2.75, 3.05) is 0 Å². The Hall–Kier alpha value is -11.3. The Morgan fingerprint density at radius 3 is 1.09 bits per heavy atom. The maximum atomic E-state index is 9.32. The van der Waals surface area contributed by atoms with E-state index in [4.69, 9.17) is 23.5 Å². The summed E-state index contributed by atoms with van der Waals surface area (Å²) in [7, 11) is 0.753. The van der Waals surface area contributed by atoms with Crippen LogP contribution in [0, 0.1) is 0 Å². The van der Waals surface area contributed by atoms with Crippen LogP contribution >= 0.6 is 15.9 Å². The van der Waals surface area contributed by atoms with Crippen molar-refractivity contribution in [2.45, 2.75) is 0 Å². The molecule has 0 saturated carbocycles. The number of para-hydroxylation sites is 2. The van der Waals surface area contributed by atoms with Crippen LogP contribution in [0.25, 0.3) is 165 Å². The van der Waals surface area contributed by atoms with Crippen molar-refractivity contribution in [3.63, 3.8) is 0 Å². The topological polar surface area (TPSA) is 107 Å². The minimum Gasteiger partial charge on any atom is -0.537 e. The molecule has 0 spiro atoms. The fourth-order valence-electron chi connectivity index (χ4n) is 12.9. The van der Waals surface area contributed by atoms with Crippen molar-refractivity contribution >= 4 is 132 Å². The number of hydrogen-bond acceptors (Lipinski definition) is 8. The fraction of sp³-hybridized carbons (Fsp3) is 0. The number of fused-ring (bicyclic) bond motifs is 14. The van der Waals surface area contributed by atoms with Crippen LogP contribution in [0.3, 0.4) is 0 Å². The van der Waals surface area contributed by atoms with Crippen molar-refractivity contribution in [3.8, 4) is 61.5 Å². The van der Waals surface area contributed by atoms with E-state index in [0.29, 0.717) is 5.75 Å². The van der Waals surface area contributed by atoms with Gasteiger partial charge < -0.3 is 18.5 Å². The van der Waals surface area contributed by atoms with Gasteiger partial charge in [0.2, 0.25) is 0 Å². The van der Waals surface area contributed by atoms with E-state index in [1.165, 1.54) is 60.5 Å². The minimum atomic E-state index is 0.670. The summed E-state index contributed by atoms with van der Waals surface area (Å²) in [4.78, 5) is 18.4. The van der Waals surface area contributed by atoms with Crippen molar-refractivity contribution in [2.24, 2.45) is 0 Å². The highest BCUT2D eigenvalue weighted by molar-refractivity contribution is 9.10. The van der Waals surface area contributed by atoms with E-state index in [1.807, 2.05) is 110 Å². The van der Waals surface area contributed by atoms with Gasteiger partial charge in [0.15, 0.2) is 11.2 Å². The second-order valence-corrected chi connectivity index (χ2v) is 22.9. The summed E-state index contributed by atoms with van der Waals surface area (Å²) in [6.45, 7) is 0. The van der Waals surface area contributed by atoms with Crippen molar-refractivity contribution in [1.82, 2.24) is 19.9 Å². The number of pyridine rings is 4. The predicted octanol–water partition coefficient (Wildman–Crippen LogP) is 21.4. The van der Waals surface area contributed by atoms with Crippen LogP contribution in [-0.2, 0) is 0 Å². The standard InChI is InChI=1S/C40H24N2O.C26H18BO2.C14H7BrN2O/c1-2-10-25(11-3-1)26-18-20-27(21-19-26)38-28-12-4-6-14-30(28)39(31-15-7-5-13-29(31)38)36-22-33-34-23-41-35-17-9-8-16-32(35)40(34)43-37(33)24-42-36;28-27-29-26-23-12-6-4-10-21(23)25(22-11-5-7-13-24(22)26)20-16-14-19(15-17-20)18-8-2-1-3-9-18;15-13-5-9-10-6-16-11-4-2-1-3-8(11)14(10)18-12(9)7-17-13/h1-24H;1-17,28H;1-7H. The van der Waals surface area contributed by atoms with Gasteiger partial charge in [-0.15, -0.1) is 0 Å². The van der Waals surface area contributed by atoms with Gasteiger partial charge in [-0.05, 0) is 129 Å². The molecule has 6 aromatic heterocycles. The van der Waals surface area contributed by atoms with Crippen molar-refractivity contribution in [1.29, 1.82) is 0 Å². The molecule has 1 N–H and O–H groups in total. The molecule has 423 valence electrons. The first-order valence-corrected chi connectivity index (χ1v) is 30.4. The zero-order chi connectivity index (χ0) is 60.1. The number of nitrogens with zero attached hydrogens (tertiary/aromatic N) is 4. The zero-order valence-electron chi connectivity index (χ0n) is 48.1. The molecule has 8 nitrogen and oxygen atoms in total. The van der Waals surface area contributed by atoms with Gasteiger partial charge in [-0.25, -0.2) is 4.98 Å². The third-order valence-electron chi connectivity index (χ3n) is 17.0. The highest BCUT2D eigenvalue weighted by atomic mass is 79.9. The molecule has 90 heavy (non-hydrogen) atoms. The highest BCUT2D eigenvalue weighted by Crippen LogP contribution is 2.46. The summed E-state index contributed by atoms with van der Waals surface area (Å²) in [5.74, 6) is 0.670. The quantitative estimate of drug-likeness (QED) is 0.0955. The van der Waals surface area contributed by atoms with Crippen LogP contribution in [0.15, 0.2) is 305 Å². The summed E-state index contributed by atoms with van der Waals surface area (Å²) in [5, 5.41) is 24.3. The third-order valence-corrected chi connectivity index (χ3v) is 17.4. The molecule has 12 aromatic carbocycles. The number of halogens is 1. The second-order valence-electron chi connectivity index (χ2n) is 22.1. The lowest BCUT2D eigenvalue weighted by molar-refractivity contribution is 0.459. The number of benzene rings is 12. The first kappa shape index (κ1) is 54.1. The lowest BCUT2D eigenvalue weighted by atomic mass is 9.86. The molecule has 1 radical (unpaired) electrons. The van der Waals surface area contributed by atoms with E-state index in [9.17, 15) is 5.02 Å². The minimum absolute atomic E-state index is 0.670. The molecule has 6 heterocycles. The largest absolute Gasteiger partial charge is 0.569 e. The summed E-state index contributed by atoms with van der Waals surface area (Å²) in [6, 6.07) is 92.4. The van der Waals surface area contributed by atoms with Crippen LogP contribution in [0.1, 0.15) is 0 Å². The van der Waals surface area contributed by atoms with E-state index in [0.717, 1.165) is 116 Å². The fourth-order valence-corrected chi connectivity index (χ4v) is 13.2. The summed E-state index contributed by atoms with van der Waals surface area (Å²) >= 11 is 3.38. The molecule has 0 amide bonds. The van der Waals surface area contributed by atoms with Crippen LogP contribution < -0.4 is 4.65 Å². The molecule has 0 unspecified atom stereocenters. The van der Waals surface area contributed by atoms with Crippen LogP contribution in [0.5, 0.6) is 5.75 Å². The average molecular weight is 1220 g/mol. The van der Waals surface area contributed by atoms with Crippen molar-refractivity contribution < 1.29 is 18.5 Å². The summed E-state index contributed by atoms with van der Waals surface area (Å²) < 4.78 is 18.6. The molecular weight excluding hydrogens is 1170 g/mol. The molecule has 18 aromatic rings. The molecule has 0 aliphatic heterocycles. The summed E-state index contributed by atoms with van der Waals surface area (Å²) in [5.41, 5.74) is 16.8. The maximum Gasteiger partial charge on any atom is 0.569 e. The molecule has 0 saturated heterocycles. The Balaban J connectivity index is 0.000000118. The van der Waals surface area contributed by atoms with Gasteiger partial charge >= 0.3 is 7.69 Å². The Morgan fingerprint density at radius 1 is 0.300 bits per heavy atom. The lowest BCUT2D eigenvalue weighted by Gasteiger charge is -2.17. The number of furan rings is 2. The molecule has 18 rings (SSSR count). The Kier molecular flexibility index (Phi) is 13.9. The Labute approximate surface area is 525 Å². The molecule has 0 aliphatic carbocycles. The van der Waals surface area contributed by atoms with E-state index in [2.05, 4.69) is 202 Å². The molecule has 10 heteroatoms. The van der Waals surface area contributed by atoms with Crippen LogP contribution in [-0.4, -0.2) is 32.6 Å². The zero-order valence-corrected chi connectivity index (χ0v) is 49.7. The lowest BCUT2D eigenvalue weighted by Crippen LogP contribution is -2.01. The van der Waals surface area contributed by atoms with Gasteiger partial charge in [0, 0.05) is 61.0 Å². The molecule has 0 aliphatic rings. The number of rotatable bonds is 7. The molecule has 0 bridgehead atoms. The second kappa shape index (κ2) is 23.1. The number of aromatic nitrogens is 4. The van der Waals surface area contributed by atoms with Gasteiger partial charge in [0.1, 0.15) is 21.5 Å². The number of hydrogen-bond donors (Lipinski definition) is 1. The Bertz CT molecular complexity index is 5650. The van der Waals surface area contributed by atoms with E-state index >= 15 is 0 Å². The normalized spacial score (nSPS) is 11.4. The molecular formula is C80H49BBrN4O4. The van der Waals surface area contributed by atoms with E-state index in [1.54, 1.807) is 6.20 Å². The first-order chi connectivity index (χ1) is 44.5. The SMILES string of the molecule is Brc1cc2c(cn1)oc1c3ccccc3ncc21.O[B]Oc1c2ccccc2c(-c2ccc(-c3ccccc3)cc2)c2ccccc12.c1ccc(-c2ccc(-c3c4ccccc4c(-c4cc5c(cn4)oc4c6ccccc6ncc54)c4ccccc34)cc2)cc1. The van der Waals surface area contributed by atoms with Crippen LogP contribution in [0.4, 0.5) is 0 Å². The van der Waals surface area contributed by atoms with Crippen molar-refractivity contribution in [3.05, 3.63) is 296 Å². The molecule has 0 atom stereocenters. The third kappa shape index (κ3) is 9.63. The monoisotopic (exact) mass is 1220 g/mol. The average Bonchev–Trinajstić information content (AvgIpc) is 0.878. The van der Waals surface area contributed by atoms with Gasteiger partial charge in [0.25, 0.3) is 0 Å². The van der Waals surface area contributed by atoms with E-state index in [-0.39, 0.29) is 0 Å². The van der Waals surface area contributed by atoms with Crippen LogP contribution in [0.2, 0.25) is 0 Å². The predicted molar refractivity (Wildman–Crippen MR) is 374 cm³/mol. The maximum absolute atomic E-state index is 9.32. The van der Waals surface area contributed by atoms with Gasteiger partial charge in [-0.3, -0.25) is 15.0 Å².